The molecule has 0 aliphatic rings. The number of nitrogens with one attached hydrogen (secondary N) is 1. The molecule has 4 nitrogen and oxygen atoms in total. The minimum atomic E-state index is -5.03. The summed E-state index contributed by atoms with van der Waals surface area (Å²) in [6.07, 6.45) is -7.18. The number of halogens is 6. The summed E-state index contributed by atoms with van der Waals surface area (Å²) >= 11 is 1.43. The summed E-state index contributed by atoms with van der Waals surface area (Å²) in [7, 11) is 0. The zero-order chi connectivity index (χ0) is 21.2. The second kappa shape index (κ2) is 7.74. The molecule has 0 saturated heterocycles. The van der Waals surface area contributed by atoms with Crippen LogP contribution in [0.4, 0.5) is 32.0 Å². The van der Waals surface area contributed by atoms with Gasteiger partial charge in [0.15, 0.2) is 5.69 Å². The van der Waals surface area contributed by atoms with Gasteiger partial charge in [0, 0.05) is 22.7 Å². The molecule has 0 aliphatic heterocycles. The number of hydrogen-bond acceptors (Lipinski definition) is 3. The van der Waals surface area contributed by atoms with Crippen molar-refractivity contribution >= 4 is 29.0 Å². The Morgan fingerprint density at radius 3 is 2.28 bits per heavy atom. The molecule has 0 unspecified atom stereocenters. The van der Waals surface area contributed by atoms with E-state index in [-0.39, 0.29) is 22.1 Å². The van der Waals surface area contributed by atoms with Gasteiger partial charge in [0.1, 0.15) is 5.69 Å². The number of hydrogen-bond donors (Lipinski definition) is 1. The number of amides is 1. The highest BCUT2D eigenvalue weighted by Crippen LogP contribution is 2.36. The van der Waals surface area contributed by atoms with Gasteiger partial charge < -0.3 is 5.32 Å². The maximum absolute atomic E-state index is 13.1. The lowest BCUT2D eigenvalue weighted by Gasteiger charge is -2.11. The van der Waals surface area contributed by atoms with Gasteiger partial charge in [-0.15, -0.1) is 11.3 Å². The Hall–Kier alpha value is -3.08. The van der Waals surface area contributed by atoms with E-state index in [1.54, 1.807) is 12.1 Å². The first-order chi connectivity index (χ1) is 13.5. The van der Waals surface area contributed by atoms with Crippen LogP contribution in [0.2, 0.25) is 0 Å². The lowest BCUT2D eigenvalue weighted by Crippen LogP contribution is -2.13. The van der Waals surface area contributed by atoms with Gasteiger partial charge in [0.25, 0.3) is 0 Å². The van der Waals surface area contributed by atoms with Crippen molar-refractivity contribution in [3.05, 3.63) is 70.2 Å². The molecule has 1 amide bonds. The summed E-state index contributed by atoms with van der Waals surface area (Å²) in [6.45, 7) is 0. The fourth-order valence-electron chi connectivity index (χ4n) is 2.33. The van der Waals surface area contributed by atoms with Crippen LogP contribution in [0.25, 0.3) is 11.8 Å². The van der Waals surface area contributed by atoms with E-state index in [4.69, 9.17) is 0 Å². The molecule has 3 rings (SSSR count). The Morgan fingerprint density at radius 2 is 1.72 bits per heavy atom. The highest BCUT2D eigenvalue weighted by molar-refractivity contribution is 7.10. The number of carbonyl (C=O) groups is 1. The van der Waals surface area contributed by atoms with E-state index in [0.29, 0.717) is 0 Å². The second-order valence-electron chi connectivity index (χ2n) is 5.71. The zero-order valence-electron chi connectivity index (χ0n) is 14.3. The highest BCUT2D eigenvalue weighted by Gasteiger charge is 2.42. The van der Waals surface area contributed by atoms with Crippen LogP contribution in [0.3, 0.4) is 0 Å². The van der Waals surface area contributed by atoms with Gasteiger partial charge >= 0.3 is 12.4 Å². The average molecular weight is 431 g/mol. The van der Waals surface area contributed by atoms with Gasteiger partial charge in [-0.2, -0.15) is 31.4 Å². The van der Waals surface area contributed by atoms with E-state index >= 15 is 0 Å². The Balaban J connectivity index is 1.81. The predicted octanol–water partition coefficient (Wildman–Crippen LogP) is 5.62. The molecule has 152 valence electrons. The summed E-state index contributed by atoms with van der Waals surface area (Å²) < 4.78 is 77.8. The number of nitrogens with zero attached hydrogens (tertiary/aromatic N) is 2. The topological polar surface area (TPSA) is 46.9 Å². The van der Waals surface area contributed by atoms with Gasteiger partial charge in [-0.05, 0) is 41.8 Å². The van der Waals surface area contributed by atoms with E-state index in [2.05, 4.69) is 10.4 Å². The minimum absolute atomic E-state index is 0.0505. The fraction of sp³-hybridized carbons (Fsp3) is 0.111. The Morgan fingerprint density at radius 1 is 1.03 bits per heavy atom. The molecule has 29 heavy (non-hydrogen) atoms. The SMILES string of the molecule is O=C(C=Cc1cccs1)Nc1ccc(-n2nc(C(F)(F)F)cc2C(F)(F)F)cc1. The van der Waals surface area contributed by atoms with Crippen molar-refractivity contribution in [3.63, 3.8) is 0 Å². The van der Waals surface area contributed by atoms with Crippen molar-refractivity contribution in [3.8, 4) is 5.69 Å². The molecule has 2 aromatic heterocycles. The standard InChI is InChI=1S/C18H11F6N3OS/c19-17(20,21)14-10-15(18(22,23)24)27(26-14)12-5-3-11(4-6-12)25-16(28)8-7-13-2-1-9-29-13/h1-10H,(H,25,28). The number of alkyl halides is 6. The van der Waals surface area contributed by atoms with Gasteiger partial charge in [0.05, 0.1) is 5.69 Å². The van der Waals surface area contributed by atoms with Crippen molar-refractivity contribution in [2.24, 2.45) is 0 Å². The van der Waals surface area contributed by atoms with Crippen molar-refractivity contribution < 1.29 is 31.1 Å². The van der Waals surface area contributed by atoms with Gasteiger partial charge in [0.2, 0.25) is 5.91 Å². The monoisotopic (exact) mass is 431 g/mol. The molecular formula is C18H11F6N3OS. The summed E-state index contributed by atoms with van der Waals surface area (Å²) in [6, 6.07) is 8.35. The third-order valence-electron chi connectivity index (χ3n) is 3.61. The van der Waals surface area contributed by atoms with E-state index in [1.807, 2.05) is 11.4 Å². The first-order valence-electron chi connectivity index (χ1n) is 7.91. The zero-order valence-corrected chi connectivity index (χ0v) is 15.1. The van der Waals surface area contributed by atoms with E-state index in [9.17, 15) is 31.1 Å². The quantitative estimate of drug-likeness (QED) is 0.430. The molecular weight excluding hydrogens is 420 g/mol. The Labute approximate surface area is 164 Å². The Kier molecular flexibility index (Phi) is 5.51. The van der Waals surface area contributed by atoms with Crippen LogP contribution in [-0.2, 0) is 17.1 Å². The molecule has 11 heteroatoms. The van der Waals surface area contributed by atoms with Crippen LogP contribution in [-0.4, -0.2) is 15.7 Å². The van der Waals surface area contributed by atoms with E-state index < -0.39 is 29.6 Å². The normalized spacial score (nSPS) is 12.5. The number of benzene rings is 1. The molecule has 0 atom stereocenters. The number of rotatable bonds is 4. The molecule has 0 spiro atoms. The molecule has 0 radical (unpaired) electrons. The lowest BCUT2D eigenvalue weighted by molar-refractivity contribution is -0.143. The molecule has 3 aromatic rings. The van der Waals surface area contributed by atoms with E-state index in [1.165, 1.54) is 29.5 Å². The maximum atomic E-state index is 13.1. The second-order valence-corrected chi connectivity index (χ2v) is 6.69. The van der Waals surface area contributed by atoms with Crippen LogP contribution in [0, 0.1) is 0 Å². The minimum Gasteiger partial charge on any atom is -0.323 e. The third-order valence-corrected chi connectivity index (χ3v) is 4.45. The molecule has 1 aromatic carbocycles. The average Bonchev–Trinajstić information content (AvgIpc) is 3.29. The molecule has 1 N–H and O–H groups in total. The van der Waals surface area contributed by atoms with Crippen LogP contribution < -0.4 is 5.32 Å². The fourth-order valence-corrected chi connectivity index (χ4v) is 2.95. The predicted molar refractivity (Wildman–Crippen MR) is 95.6 cm³/mol. The lowest BCUT2D eigenvalue weighted by atomic mass is 10.2. The first kappa shape index (κ1) is 20.6. The van der Waals surface area contributed by atoms with Crippen molar-refractivity contribution in [1.29, 1.82) is 0 Å². The van der Waals surface area contributed by atoms with Gasteiger partial charge in [-0.1, -0.05) is 6.07 Å². The van der Waals surface area contributed by atoms with Crippen LogP contribution in [0.5, 0.6) is 0 Å². The van der Waals surface area contributed by atoms with Crippen LogP contribution in [0.1, 0.15) is 16.3 Å². The van der Waals surface area contributed by atoms with Crippen LogP contribution in [0.15, 0.2) is 53.9 Å². The molecule has 0 fully saturated rings. The third kappa shape index (κ3) is 5.05. The smallest absolute Gasteiger partial charge is 0.323 e. The molecule has 0 aliphatic carbocycles. The number of thiophene rings is 1. The van der Waals surface area contributed by atoms with Gasteiger partial charge in [-0.25, -0.2) is 4.68 Å². The van der Waals surface area contributed by atoms with Crippen molar-refractivity contribution in [2.75, 3.05) is 5.32 Å². The molecule has 2 heterocycles. The number of anilines is 1. The first-order valence-corrected chi connectivity index (χ1v) is 8.79. The number of carbonyl (C=O) groups excluding carboxylic acids is 1. The number of aromatic nitrogens is 2. The summed E-state index contributed by atoms with van der Waals surface area (Å²) in [5.41, 5.74) is -3.19. The summed E-state index contributed by atoms with van der Waals surface area (Å²) in [5, 5.41) is 7.38. The van der Waals surface area contributed by atoms with Crippen LogP contribution >= 0.6 is 11.3 Å². The molecule has 0 bridgehead atoms. The van der Waals surface area contributed by atoms with E-state index in [0.717, 1.165) is 17.0 Å². The van der Waals surface area contributed by atoms with Gasteiger partial charge in [-0.3, -0.25) is 4.79 Å². The van der Waals surface area contributed by atoms with Crippen molar-refractivity contribution in [1.82, 2.24) is 9.78 Å². The molecule has 0 saturated carbocycles. The summed E-state index contributed by atoms with van der Waals surface area (Å²) in [4.78, 5) is 12.7. The highest BCUT2D eigenvalue weighted by atomic mass is 32.1. The Bertz CT molecular complexity index is 1020. The summed E-state index contributed by atoms with van der Waals surface area (Å²) in [5.74, 6) is -0.472. The largest absolute Gasteiger partial charge is 0.435 e. The maximum Gasteiger partial charge on any atom is 0.435 e. The van der Waals surface area contributed by atoms with Crippen molar-refractivity contribution in [2.45, 2.75) is 12.4 Å².